The molecular formula is C9H8F3N5O2. The van der Waals surface area contributed by atoms with Gasteiger partial charge >= 0.3 is 12.1 Å². The van der Waals surface area contributed by atoms with Crippen LogP contribution in [0.1, 0.15) is 17.3 Å². The van der Waals surface area contributed by atoms with E-state index in [1.54, 1.807) is 7.05 Å². The molecule has 0 amide bonds. The number of fused-ring (bicyclic) bond motifs is 1. The smallest absolute Gasteiger partial charge is 0.410 e. The fraction of sp³-hybridized carbons (Fsp3) is 0.444. The van der Waals surface area contributed by atoms with Crippen LogP contribution in [0.15, 0.2) is 4.42 Å². The van der Waals surface area contributed by atoms with Crippen molar-refractivity contribution in [2.24, 2.45) is 7.05 Å². The summed E-state index contributed by atoms with van der Waals surface area (Å²) in [6.07, 6.45) is -4.68. The Bertz CT molecular complexity index is 632. The van der Waals surface area contributed by atoms with E-state index in [2.05, 4.69) is 19.6 Å². The molecule has 1 N–H and O–H groups in total. The quantitative estimate of drug-likeness (QED) is 0.842. The number of halogens is 3. The van der Waals surface area contributed by atoms with E-state index in [9.17, 15) is 18.4 Å². The van der Waals surface area contributed by atoms with Crippen molar-refractivity contribution in [3.8, 4) is 11.7 Å². The monoisotopic (exact) mass is 275 g/mol. The van der Waals surface area contributed by atoms with E-state index >= 15 is 0 Å². The fourth-order valence-corrected chi connectivity index (χ4v) is 1.93. The van der Waals surface area contributed by atoms with Crippen LogP contribution in [0.2, 0.25) is 0 Å². The Hall–Kier alpha value is -1.94. The maximum atomic E-state index is 12.4. The minimum absolute atomic E-state index is 0.154. The SMILES string of the molecule is Cn1c(-c2nnc(C(F)(F)F)o2)nc2c1CN(O)C2. The number of hydroxylamine groups is 2. The highest BCUT2D eigenvalue weighted by molar-refractivity contribution is 5.44. The van der Waals surface area contributed by atoms with E-state index < -0.39 is 12.1 Å². The Kier molecular flexibility index (Phi) is 2.41. The molecule has 0 radical (unpaired) electrons. The van der Waals surface area contributed by atoms with Crippen LogP contribution in [0, 0.1) is 0 Å². The van der Waals surface area contributed by atoms with Gasteiger partial charge in [-0.15, -0.1) is 10.2 Å². The molecule has 2 aromatic heterocycles. The number of imidazole rings is 1. The summed E-state index contributed by atoms with van der Waals surface area (Å²) >= 11 is 0. The molecule has 0 unspecified atom stereocenters. The zero-order chi connectivity index (χ0) is 13.8. The highest BCUT2D eigenvalue weighted by Crippen LogP contribution is 2.31. The minimum Gasteiger partial charge on any atom is -0.410 e. The summed E-state index contributed by atoms with van der Waals surface area (Å²) in [5.41, 5.74) is 1.27. The summed E-state index contributed by atoms with van der Waals surface area (Å²) in [7, 11) is 1.61. The van der Waals surface area contributed by atoms with Crippen molar-refractivity contribution in [1.82, 2.24) is 24.8 Å². The lowest BCUT2D eigenvalue weighted by molar-refractivity contribution is -0.157. The number of aromatic nitrogens is 4. The van der Waals surface area contributed by atoms with Gasteiger partial charge in [0.05, 0.1) is 24.5 Å². The largest absolute Gasteiger partial charge is 0.470 e. The van der Waals surface area contributed by atoms with Crippen LogP contribution >= 0.6 is 0 Å². The molecule has 19 heavy (non-hydrogen) atoms. The van der Waals surface area contributed by atoms with Gasteiger partial charge in [0.15, 0.2) is 5.82 Å². The van der Waals surface area contributed by atoms with E-state index in [-0.39, 0.29) is 24.8 Å². The summed E-state index contributed by atoms with van der Waals surface area (Å²) < 4.78 is 43.2. The molecule has 10 heteroatoms. The second kappa shape index (κ2) is 3.78. The third-order valence-electron chi connectivity index (χ3n) is 2.82. The van der Waals surface area contributed by atoms with Crippen LogP contribution < -0.4 is 0 Å². The van der Waals surface area contributed by atoms with E-state index in [0.29, 0.717) is 11.4 Å². The average Bonchev–Trinajstić information content (AvgIpc) is 2.94. The van der Waals surface area contributed by atoms with Crippen molar-refractivity contribution >= 4 is 0 Å². The van der Waals surface area contributed by atoms with Crippen molar-refractivity contribution < 1.29 is 22.8 Å². The van der Waals surface area contributed by atoms with E-state index in [4.69, 9.17) is 0 Å². The lowest BCUT2D eigenvalue weighted by Gasteiger charge is -2.05. The lowest BCUT2D eigenvalue weighted by Crippen LogP contribution is -2.12. The van der Waals surface area contributed by atoms with Gasteiger partial charge in [-0.25, -0.2) is 4.98 Å². The summed E-state index contributed by atoms with van der Waals surface area (Å²) in [6, 6.07) is 0. The highest BCUT2D eigenvalue weighted by atomic mass is 19.4. The predicted octanol–water partition coefficient (Wildman–Crippen LogP) is 1.19. The van der Waals surface area contributed by atoms with Crippen molar-refractivity contribution in [1.29, 1.82) is 0 Å². The predicted molar refractivity (Wildman–Crippen MR) is 52.5 cm³/mol. The molecule has 0 spiro atoms. The first-order valence-electron chi connectivity index (χ1n) is 5.25. The molecule has 7 nitrogen and oxygen atoms in total. The number of rotatable bonds is 1. The van der Waals surface area contributed by atoms with Crippen molar-refractivity contribution in [3.63, 3.8) is 0 Å². The Labute approximate surface area is 104 Å². The normalized spacial score (nSPS) is 16.1. The standard InChI is InChI=1S/C9H8F3N5O2/c1-16-5-3-17(18)2-4(5)13-6(16)7-14-15-8(19-7)9(10,11)12/h18H,2-3H2,1H3. The van der Waals surface area contributed by atoms with Gasteiger partial charge in [-0.05, 0) is 0 Å². The Morgan fingerprint density at radius 3 is 2.58 bits per heavy atom. The molecule has 0 saturated carbocycles. The summed E-state index contributed by atoms with van der Waals surface area (Å²) in [4.78, 5) is 4.10. The molecule has 0 fully saturated rings. The molecule has 0 atom stereocenters. The Morgan fingerprint density at radius 2 is 2.00 bits per heavy atom. The van der Waals surface area contributed by atoms with Gasteiger partial charge in [0, 0.05) is 7.05 Å². The van der Waals surface area contributed by atoms with E-state index in [1.807, 2.05) is 0 Å². The molecule has 2 aromatic rings. The zero-order valence-electron chi connectivity index (χ0n) is 9.64. The van der Waals surface area contributed by atoms with Gasteiger partial charge in [-0.1, -0.05) is 0 Å². The first-order chi connectivity index (χ1) is 8.86. The number of hydrogen-bond acceptors (Lipinski definition) is 6. The highest BCUT2D eigenvalue weighted by Gasteiger charge is 2.39. The van der Waals surface area contributed by atoms with Gasteiger partial charge in [0.1, 0.15) is 0 Å². The van der Waals surface area contributed by atoms with Crippen LogP contribution in [0.4, 0.5) is 13.2 Å². The maximum Gasteiger partial charge on any atom is 0.470 e. The Balaban J connectivity index is 2.00. The topological polar surface area (TPSA) is 80.2 Å². The van der Waals surface area contributed by atoms with Crippen LogP contribution in [-0.2, 0) is 26.3 Å². The molecule has 0 aliphatic carbocycles. The first kappa shape index (κ1) is 12.1. The molecule has 3 rings (SSSR count). The van der Waals surface area contributed by atoms with Gasteiger partial charge < -0.3 is 14.2 Å². The number of hydrogen-bond donors (Lipinski definition) is 1. The average molecular weight is 275 g/mol. The zero-order valence-corrected chi connectivity index (χ0v) is 9.64. The second-order valence-corrected chi connectivity index (χ2v) is 4.12. The second-order valence-electron chi connectivity index (χ2n) is 4.12. The summed E-state index contributed by atoms with van der Waals surface area (Å²) in [6.45, 7) is 0.461. The van der Waals surface area contributed by atoms with Crippen LogP contribution in [0.5, 0.6) is 0 Å². The molecule has 102 valence electrons. The molecule has 1 aliphatic heterocycles. The molecule has 3 heterocycles. The molecule has 0 saturated heterocycles. The molecule has 1 aliphatic rings. The van der Waals surface area contributed by atoms with Crippen molar-refractivity contribution in [2.75, 3.05) is 0 Å². The van der Waals surface area contributed by atoms with Gasteiger partial charge in [-0.3, -0.25) is 0 Å². The lowest BCUT2D eigenvalue weighted by atomic mass is 10.4. The minimum atomic E-state index is -4.68. The van der Waals surface area contributed by atoms with Crippen LogP contribution in [0.3, 0.4) is 0 Å². The van der Waals surface area contributed by atoms with E-state index in [1.165, 1.54) is 4.57 Å². The van der Waals surface area contributed by atoms with Gasteiger partial charge in [0.2, 0.25) is 0 Å². The van der Waals surface area contributed by atoms with Crippen LogP contribution in [0.25, 0.3) is 11.7 Å². The fourth-order valence-electron chi connectivity index (χ4n) is 1.93. The Morgan fingerprint density at radius 1 is 1.26 bits per heavy atom. The van der Waals surface area contributed by atoms with Crippen molar-refractivity contribution in [2.45, 2.75) is 19.3 Å². The summed E-state index contributed by atoms with van der Waals surface area (Å²) in [5.74, 6) is -1.55. The third-order valence-corrected chi connectivity index (χ3v) is 2.82. The molecular weight excluding hydrogens is 267 g/mol. The van der Waals surface area contributed by atoms with Gasteiger partial charge in [-0.2, -0.15) is 18.2 Å². The number of nitrogens with zero attached hydrogens (tertiary/aromatic N) is 5. The number of alkyl halides is 3. The maximum absolute atomic E-state index is 12.4. The molecule has 0 aromatic carbocycles. The van der Waals surface area contributed by atoms with Crippen molar-refractivity contribution in [3.05, 3.63) is 17.3 Å². The first-order valence-corrected chi connectivity index (χ1v) is 5.25. The summed E-state index contributed by atoms with van der Waals surface area (Å²) in [5, 5.41) is 16.7. The van der Waals surface area contributed by atoms with Crippen LogP contribution in [-0.4, -0.2) is 30.0 Å². The van der Waals surface area contributed by atoms with Gasteiger partial charge in [0.25, 0.3) is 5.89 Å². The molecule has 0 bridgehead atoms. The van der Waals surface area contributed by atoms with E-state index in [0.717, 1.165) is 5.06 Å². The third kappa shape index (κ3) is 1.88.